The van der Waals surface area contributed by atoms with E-state index in [1.165, 1.54) is 20.4 Å². The quantitative estimate of drug-likeness (QED) is 0.820. The monoisotopic (exact) mass is 372 g/mol. The summed E-state index contributed by atoms with van der Waals surface area (Å²) in [6.45, 7) is 3.45. The molecular formula is C19H20N2O6. The van der Waals surface area contributed by atoms with Crippen molar-refractivity contribution >= 4 is 23.5 Å². The standard InChI is InChI=1S/C19H20N2O6/c1-19(2)26-13-7-6-12(15(16(13)27-19)18(23)25-4)21-17(22)11-5-8-14(24-3)20-10-9-11/h5-7,9-10H,8H2,1-4H3,(H,21,22). The van der Waals surface area contributed by atoms with Crippen molar-refractivity contribution < 1.29 is 28.5 Å². The molecule has 0 bridgehead atoms. The van der Waals surface area contributed by atoms with Crippen LogP contribution in [0.4, 0.5) is 5.69 Å². The summed E-state index contributed by atoms with van der Waals surface area (Å²) in [5.74, 6) is -0.825. The maximum Gasteiger partial charge on any atom is 0.343 e. The number of carbonyl (C=O) groups is 2. The molecule has 0 unspecified atom stereocenters. The summed E-state index contributed by atoms with van der Waals surface area (Å²) >= 11 is 0. The summed E-state index contributed by atoms with van der Waals surface area (Å²) in [6.07, 6.45) is 5.12. The van der Waals surface area contributed by atoms with Gasteiger partial charge in [-0.15, -0.1) is 0 Å². The largest absolute Gasteiger partial charge is 0.484 e. The van der Waals surface area contributed by atoms with E-state index < -0.39 is 17.7 Å². The zero-order valence-electron chi connectivity index (χ0n) is 15.5. The van der Waals surface area contributed by atoms with Gasteiger partial charge in [-0.3, -0.25) is 4.79 Å². The van der Waals surface area contributed by atoms with E-state index in [2.05, 4.69) is 10.3 Å². The minimum absolute atomic E-state index is 0.0981. The predicted molar refractivity (Wildman–Crippen MR) is 98.0 cm³/mol. The number of rotatable bonds is 3. The van der Waals surface area contributed by atoms with E-state index in [0.717, 1.165) is 0 Å². The SMILES string of the molecule is COC(=O)c1c(NC(=O)C2=CCC(OC)=NC=C2)ccc2c1OC(C)(C)O2. The number of anilines is 1. The number of benzene rings is 1. The molecule has 1 N–H and O–H groups in total. The van der Waals surface area contributed by atoms with E-state index in [4.69, 9.17) is 18.9 Å². The maximum absolute atomic E-state index is 12.7. The Bertz CT molecular complexity index is 882. The summed E-state index contributed by atoms with van der Waals surface area (Å²) in [6, 6.07) is 3.21. The number of fused-ring (bicyclic) bond motifs is 1. The minimum Gasteiger partial charge on any atom is -0.484 e. The third-order valence-electron chi connectivity index (χ3n) is 3.93. The molecule has 0 fully saturated rings. The van der Waals surface area contributed by atoms with Gasteiger partial charge in [0.25, 0.3) is 5.91 Å². The molecule has 0 saturated heterocycles. The molecule has 0 atom stereocenters. The lowest BCUT2D eigenvalue weighted by Crippen LogP contribution is -2.30. The van der Waals surface area contributed by atoms with Gasteiger partial charge in [0.05, 0.1) is 19.9 Å². The lowest BCUT2D eigenvalue weighted by molar-refractivity contribution is -0.112. The van der Waals surface area contributed by atoms with Gasteiger partial charge in [0.15, 0.2) is 17.4 Å². The zero-order valence-corrected chi connectivity index (χ0v) is 15.5. The van der Waals surface area contributed by atoms with Gasteiger partial charge in [0, 0.05) is 32.0 Å². The normalized spacial score (nSPS) is 16.7. The van der Waals surface area contributed by atoms with Crippen molar-refractivity contribution in [3.8, 4) is 11.5 Å². The van der Waals surface area contributed by atoms with Crippen LogP contribution in [0, 0.1) is 0 Å². The number of hydrogen-bond donors (Lipinski definition) is 1. The summed E-state index contributed by atoms with van der Waals surface area (Å²) in [7, 11) is 2.77. The number of carbonyl (C=O) groups excluding carboxylic acids is 2. The van der Waals surface area contributed by atoms with Crippen molar-refractivity contribution in [2.75, 3.05) is 19.5 Å². The van der Waals surface area contributed by atoms with Gasteiger partial charge < -0.3 is 24.3 Å². The van der Waals surface area contributed by atoms with Gasteiger partial charge in [0.2, 0.25) is 5.79 Å². The summed E-state index contributed by atoms with van der Waals surface area (Å²) in [5.41, 5.74) is 0.749. The average molecular weight is 372 g/mol. The molecule has 0 spiro atoms. The highest BCUT2D eigenvalue weighted by Gasteiger charge is 2.37. The summed E-state index contributed by atoms with van der Waals surface area (Å²) in [5, 5.41) is 2.73. The van der Waals surface area contributed by atoms with Gasteiger partial charge in [-0.25, -0.2) is 9.79 Å². The van der Waals surface area contributed by atoms with E-state index in [1.54, 1.807) is 38.1 Å². The first kappa shape index (κ1) is 18.5. The third-order valence-corrected chi connectivity index (χ3v) is 3.93. The van der Waals surface area contributed by atoms with Gasteiger partial charge in [-0.2, -0.15) is 0 Å². The first-order chi connectivity index (χ1) is 12.8. The van der Waals surface area contributed by atoms with Crippen LogP contribution in [-0.2, 0) is 14.3 Å². The first-order valence-electron chi connectivity index (χ1n) is 8.26. The molecule has 1 aromatic carbocycles. The van der Waals surface area contributed by atoms with Crippen LogP contribution in [-0.4, -0.2) is 37.8 Å². The van der Waals surface area contributed by atoms with E-state index >= 15 is 0 Å². The molecule has 2 heterocycles. The lowest BCUT2D eigenvalue weighted by Gasteiger charge is -2.17. The number of amides is 1. The van der Waals surface area contributed by atoms with Crippen molar-refractivity contribution in [3.63, 3.8) is 0 Å². The van der Waals surface area contributed by atoms with Crippen LogP contribution in [0.5, 0.6) is 11.5 Å². The Balaban J connectivity index is 1.91. The van der Waals surface area contributed by atoms with Gasteiger partial charge in [-0.05, 0) is 18.2 Å². The van der Waals surface area contributed by atoms with Crippen LogP contribution in [0.25, 0.3) is 0 Å². The molecule has 0 aromatic heterocycles. The number of aliphatic imine (C=N–C) groups is 1. The fourth-order valence-electron chi connectivity index (χ4n) is 2.70. The Morgan fingerprint density at radius 2 is 2.00 bits per heavy atom. The minimum atomic E-state index is -0.922. The first-order valence-corrected chi connectivity index (χ1v) is 8.26. The van der Waals surface area contributed by atoms with E-state index in [0.29, 0.717) is 23.6 Å². The second-order valence-electron chi connectivity index (χ2n) is 6.27. The Morgan fingerprint density at radius 1 is 1.22 bits per heavy atom. The fourth-order valence-corrected chi connectivity index (χ4v) is 2.70. The van der Waals surface area contributed by atoms with Crippen molar-refractivity contribution in [3.05, 3.63) is 41.6 Å². The van der Waals surface area contributed by atoms with Crippen LogP contribution in [0.15, 0.2) is 41.1 Å². The van der Waals surface area contributed by atoms with Crippen molar-refractivity contribution in [1.82, 2.24) is 0 Å². The summed E-state index contributed by atoms with van der Waals surface area (Å²) < 4.78 is 21.3. The Kier molecular flexibility index (Phi) is 4.89. The molecule has 142 valence electrons. The van der Waals surface area contributed by atoms with Crippen molar-refractivity contribution in [2.24, 2.45) is 4.99 Å². The fraction of sp³-hybridized carbons (Fsp3) is 0.316. The highest BCUT2D eigenvalue weighted by Crippen LogP contribution is 2.45. The lowest BCUT2D eigenvalue weighted by atomic mass is 10.1. The van der Waals surface area contributed by atoms with E-state index in [1.807, 2.05) is 0 Å². The number of hydrogen-bond acceptors (Lipinski definition) is 7. The van der Waals surface area contributed by atoms with Crippen molar-refractivity contribution in [1.29, 1.82) is 0 Å². The molecule has 0 aliphatic carbocycles. The van der Waals surface area contributed by atoms with E-state index in [-0.39, 0.29) is 17.0 Å². The molecule has 8 nitrogen and oxygen atoms in total. The van der Waals surface area contributed by atoms with Gasteiger partial charge in [-0.1, -0.05) is 6.08 Å². The van der Waals surface area contributed by atoms with Crippen LogP contribution in [0.2, 0.25) is 0 Å². The Hall–Kier alpha value is -3.29. The molecule has 0 saturated carbocycles. The highest BCUT2D eigenvalue weighted by atomic mass is 16.7. The maximum atomic E-state index is 12.7. The van der Waals surface area contributed by atoms with Crippen LogP contribution >= 0.6 is 0 Å². The molecule has 0 radical (unpaired) electrons. The topological polar surface area (TPSA) is 95.5 Å². The summed E-state index contributed by atoms with van der Waals surface area (Å²) in [4.78, 5) is 29.1. The third kappa shape index (κ3) is 3.79. The smallest absolute Gasteiger partial charge is 0.343 e. The average Bonchev–Trinajstić information content (AvgIpc) is 2.81. The predicted octanol–water partition coefficient (Wildman–Crippen LogP) is 2.81. The number of ether oxygens (including phenoxy) is 4. The molecule has 3 rings (SSSR count). The van der Waals surface area contributed by atoms with Crippen LogP contribution < -0.4 is 14.8 Å². The molecule has 2 aliphatic rings. The molecular weight excluding hydrogens is 352 g/mol. The number of nitrogens with zero attached hydrogens (tertiary/aromatic N) is 1. The van der Waals surface area contributed by atoms with Crippen molar-refractivity contribution in [2.45, 2.75) is 26.1 Å². The molecule has 8 heteroatoms. The number of nitrogens with one attached hydrogen (secondary N) is 1. The molecule has 1 aromatic rings. The van der Waals surface area contributed by atoms with Gasteiger partial charge >= 0.3 is 5.97 Å². The molecule has 27 heavy (non-hydrogen) atoms. The van der Waals surface area contributed by atoms with E-state index in [9.17, 15) is 9.59 Å². The Morgan fingerprint density at radius 3 is 2.70 bits per heavy atom. The Labute approximate surface area is 156 Å². The molecule has 1 amide bonds. The number of esters is 1. The molecule has 2 aliphatic heterocycles. The second kappa shape index (κ2) is 7.14. The second-order valence-corrected chi connectivity index (χ2v) is 6.27. The zero-order chi connectivity index (χ0) is 19.6. The number of methoxy groups -OCH3 is 2. The highest BCUT2D eigenvalue weighted by molar-refractivity contribution is 6.10. The van der Waals surface area contributed by atoms with Crippen LogP contribution in [0.1, 0.15) is 30.6 Å². The van der Waals surface area contributed by atoms with Crippen LogP contribution in [0.3, 0.4) is 0 Å². The van der Waals surface area contributed by atoms with Gasteiger partial charge in [0.1, 0.15) is 5.56 Å².